The number of nitrogens with two attached hydrogens (primary N) is 1. The van der Waals surface area contributed by atoms with Crippen molar-refractivity contribution in [2.24, 2.45) is 17.6 Å². The zero-order valence-corrected chi connectivity index (χ0v) is 26.4. The Morgan fingerprint density at radius 2 is 1.91 bits per heavy atom. The standard InChI is InChI=1S/C31H45N3O8.ClH/c1-8-12-33-26-21-13-17(2)14-25(41-7)27(36)19(4)15-20(5)29(42-31(32)39)24(40-6)11-9-10-18(3)30(38)34-22(28(21)37)16-23(26)35;/h8-11,15-17,19,24-25,27,29,33,35-37H,1,12-14H2,2-7H3,(H2,32,39)(H,34,38);1H/b11-9-,18-10+,20-15+;/t17-,19+,24+,25+,27-,29-;/m1./s1. The number of benzene rings is 1. The predicted octanol–water partition coefficient (Wildman–Crippen LogP) is 4.58. The third-order valence-electron chi connectivity index (χ3n) is 7.25. The first-order valence-corrected chi connectivity index (χ1v) is 13.8. The monoisotopic (exact) mass is 623 g/mol. The lowest BCUT2D eigenvalue weighted by Gasteiger charge is -2.29. The summed E-state index contributed by atoms with van der Waals surface area (Å²) in [6.07, 6.45) is 4.64. The normalized spacial score (nSPS) is 28.6. The number of halogens is 1. The van der Waals surface area contributed by atoms with Gasteiger partial charge in [0.05, 0.1) is 23.6 Å². The second-order valence-electron chi connectivity index (χ2n) is 10.6. The number of aliphatic hydroxyl groups is 1. The van der Waals surface area contributed by atoms with Gasteiger partial charge in [-0.1, -0.05) is 44.2 Å². The number of aliphatic hydroxyl groups excluding tert-OH is 1. The molecule has 240 valence electrons. The Hall–Kier alpha value is -3.51. The molecule has 2 amide bonds. The van der Waals surface area contributed by atoms with Crippen molar-refractivity contribution >= 4 is 35.8 Å². The molecule has 0 spiro atoms. The van der Waals surface area contributed by atoms with E-state index in [0.29, 0.717) is 41.8 Å². The molecule has 11 nitrogen and oxygen atoms in total. The van der Waals surface area contributed by atoms with E-state index in [1.54, 1.807) is 38.2 Å². The Kier molecular flexibility index (Phi) is 15.3. The second-order valence-corrected chi connectivity index (χ2v) is 10.6. The van der Waals surface area contributed by atoms with Crippen LogP contribution in [0.2, 0.25) is 0 Å². The molecule has 0 aliphatic carbocycles. The van der Waals surface area contributed by atoms with Crippen LogP contribution in [0.4, 0.5) is 16.2 Å². The van der Waals surface area contributed by atoms with Crippen molar-refractivity contribution in [3.8, 4) is 11.5 Å². The molecule has 0 aromatic heterocycles. The first-order valence-electron chi connectivity index (χ1n) is 13.8. The molecule has 2 rings (SSSR count). The number of primary amides is 1. The fraction of sp³-hybridized carbons (Fsp3) is 0.484. The van der Waals surface area contributed by atoms with E-state index in [9.17, 15) is 24.9 Å². The van der Waals surface area contributed by atoms with Crippen LogP contribution in [-0.4, -0.2) is 72.5 Å². The Morgan fingerprint density at radius 3 is 2.49 bits per heavy atom. The van der Waals surface area contributed by atoms with E-state index in [-0.39, 0.29) is 35.5 Å². The van der Waals surface area contributed by atoms with E-state index in [1.807, 2.05) is 13.8 Å². The van der Waals surface area contributed by atoms with E-state index >= 15 is 0 Å². The van der Waals surface area contributed by atoms with Gasteiger partial charge in [0.1, 0.15) is 17.6 Å². The molecular weight excluding hydrogens is 578 g/mol. The molecule has 0 unspecified atom stereocenters. The number of allylic oxidation sites excluding steroid dienone is 2. The number of phenols is 2. The van der Waals surface area contributed by atoms with E-state index < -0.39 is 42.3 Å². The van der Waals surface area contributed by atoms with Gasteiger partial charge in [0.15, 0.2) is 6.10 Å². The molecule has 1 heterocycles. The summed E-state index contributed by atoms with van der Waals surface area (Å²) in [4.78, 5) is 24.7. The number of hydrogen-bond acceptors (Lipinski definition) is 9. The molecule has 1 aromatic rings. The minimum absolute atomic E-state index is 0. The van der Waals surface area contributed by atoms with Gasteiger partial charge in [0.25, 0.3) is 5.91 Å². The first kappa shape index (κ1) is 37.5. The van der Waals surface area contributed by atoms with Gasteiger partial charge in [-0.05, 0) is 38.2 Å². The molecule has 1 aliphatic heterocycles. The molecule has 0 saturated heterocycles. The van der Waals surface area contributed by atoms with Crippen LogP contribution >= 0.6 is 12.4 Å². The van der Waals surface area contributed by atoms with Crippen molar-refractivity contribution in [2.75, 3.05) is 31.4 Å². The number of nitrogens with one attached hydrogen (secondary N) is 2. The highest BCUT2D eigenvalue weighted by Gasteiger charge is 2.30. The van der Waals surface area contributed by atoms with Gasteiger partial charge in [-0.3, -0.25) is 4.79 Å². The maximum atomic E-state index is 13.0. The third-order valence-corrected chi connectivity index (χ3v) is 7.25. The Bertz CT molecular complexity index is 1220. The molecule has 0 fully saturated rings. The molecule has 43 heavy (non-hydrogen) atoms. The van der Waals surface area contributed by atoms with Gasteiger partial charge in [-0.15, -0.1) is 19.0 Å². The van der Waals surface area contributed by atoms with E-state index in [4.69, 9.17) is 19.9 Å². The lowest BCUT2D eigenvalue weighted by Crippen LogP contribution is -2.37. The molecule has 2 bridgehead atoms. The number of methoxy groups -OCH3 is 2. The molecule has 0 radical (unpaired) electrons. The van der Waals surface area contributed by atoms with Gasteiger partial charge in [0, 0.05) is 43.9 Å². The summed E-state index contributed by atoms with van der Waals surface area (Å²) in [5, 5.41) is 39.1. The number of aromatic hydroxyl groups is 2. The number of anilines is 2. The smallest absolute Gasteiger partial charge is 0.405 e. The largest absolute Gasteiger partial charge is 0.506 e. The predicted molar refractivity (Wildman–Crippen MR) is 170 cm³/mol. The minimum atomic E-state index is -0.990. The highest BCUT2D eigenvalue weighted by Crippen LogP contribution is 2.42. The van der Waals surface area contributed by atoms with Crippen LogP contribution < -0.4 is 16.4 Å². The SMILES string of the molecule is C=CCNc1c(O)cc2c(O)c1C[C@@H](C)C[C@H](OC)[C@H](O)[C@@H](C)/C=C(\C)[C@@H](OC(N)=O)[C@@H](OC)/C=C\C=C(/C)C(=O)N2.Cl. The van der Waals surface area contributed by atoms with Crippen LogP contribution in [-0.2, 0) is 25.4 Å². The highest BCUT2D eigenvalue weighted by molar-refractivity contribution is 6.04. The molecule has 6 atom stereocenters. The van der Waals surface area contributed by atoms with Gasteiger partial charge in [-0.2, -0.15) is 0 Å². The Balaban J connectivity index is 0.00000924. The average Bonchev–Trinajstić information content (AvgIpc) is 2.94. The highest BCUT2D eigenvalue weighted by atomic mass is 35.5. The Morgan fingerprint density at radius 1 is 1.23 bits per heavy atom. The summed E-state index contributed by atoms with van der Waals surface area (Å²) >= 11 is 0. The van der Waals surface area contributed by atoms with Gasteiger partial charge < -0.3 is 45.9 Å². The van der Waals surface area contributed by atoms with Crippen molar-refractivity contribution in [2.45, 2.75) is 65.0 Å². The number of amides is 2. The van der Waals surface area contributed by atoms with Gasteiger partial charge >= 0.3 is 6.09 Å². The minimum Gasteiger partial charge on any atom is -0.506 e. The Labute approximate surface area is 259 Å². The maximum absolute atomic E-state index is 13.0. The van der Waals surface area contributed by atoms with Crippen LogP contribution in [0, 0.1) is 11.8 Å². The number of ether oxygens (including phenoxy) is 3. The number of phenolic OH excluding ortho intramolecular Hbond substituents is 2. The molecular formula is C31H46ClN3O8. The van der Waals surface area contributed by atoms with Gasteiger partial charge in [0.2, 0.25) is 0 Å². The van der Waals surface area contributed by atoms with Crippen molar-refractivity contribution in [1.29, 1.82) is 0 Å². The third kappa shape index (κ3) is 10.3. The number of carbonyl (C=O) groups is 2. The number of carbonyl (C=O) groups excluding carboxylic acids is 2. The number of rotatable bonds is 6. The topological polar surface area (TPSA) is 173 Å². The molecule has 1 aromatic carbocycles. The summed E-state index contributed by atoms with van der Waals surface area (Å²) in [6.45, 7) is 11.1. The summed E-state index contributed by atoms with van der Waals surface area (Å²) in [7, 11) is 2.95. The van der Waals surface area contributed by atoms with E-state index in [1.165, 1.54) is 26.4 Å². The molecule has 12 heteroatoms. The summed E-state index contributed by atoms with van der Waals surface area (Å²) < 4.78 is 16.6. The van der Waals surface area contributed by atoms with Crippen molar-refractivity contribution < 1.29 is 39.1 Å². The van der Waals surface area contributed by atoms with Crippen molar-refractivity contribution in [1.82, 2.24) is 0 Å². The number of hydrogen-bond donors (Lipinski definition) is 6. The van der Waals surface area contributed by atoms with Crippen molar-refractivity contribution in [3.05, 3.63) is 59.7 Å². The van der Waals surface area contributed by atoms with E-state index in [0.717, 1.165) is 0 Å². The van der Waals surface area contributed by atoms with Gasteiger partial charge in [-0.25, -0.2) is 4.79 Å². The lowest BCUT2D eigenvalue weighted by molar-refractivity contribution is -0.112. The van der Waals surface area contributed by atoms with Crippen LogP contribution in [0.5, 0.6) is 11.5 Å². The first-order chi connectivity index (χ1) is 19.8. The van der Waals surface area contributed by atoms with Crippen LogP contribution in [0.1, 0.15) is 39.7 Å². The summed E-state index contributed by atoms with van der Waals surface area (Å²) in [5.41, 5.74) is 7.01. The van der Waals surface area contributed by atoms with E-state index in [2.05, 4.69) is 17.2 Å². The fourth-order valence-corrected chi connectivity index (χ4v) is 4.98. The molecule has 7 N–H and O–H groups in total. The van der Waals surface area contributed by atoms with Crippen LogP contribution in [0.15, 0.2) is 54.2 Å². The molecule has 0 saturated carbocycles. The summed E-state index contributed by atoms with van der Waals surface area (Å²) in [6, 6.07) is 1.28. The zero-order valence-electron chi connectivity index (χ0n) is 25.6. The van der Waals surface area contributed by atoms with Crippen molar-refractivity contribution in [3.63, 3.8) is 0 Å². The summed E-state index contributed by atoms with van der Waals surface area (Å²) in [5.74, 6) is -1.41. The van der Waals surface area contributed by atoms with Crippen LogP contribution in [0.25, 0.3) is 0 Å². The quantitative estimate of drug-likeness (QED) is 0.151. The second kappa shape index (κ2) is 17.6. The zero-order chi connectivity index (χ0) is 31.6. The maximum Gasteiger partial charge on any atom is 0.405 e. The molecule has 1 aliphatic rings. The fourth-order valence-electron chi connectivity index (χ4n) is 4.98. The number of fused-ring (bicyclic) bond motifs is 2. The average molecular weight is 624 g/mol. The lowest BCUT2D eigenvalue weighted by atomic mass is 9.87. The van der Waals surface area contributed by atoms with Crippen LogP contribution in [0.3, 0.4) is 0 Å².